The van der Waals surface area contributed by atoms with Gasteiger partial charge in [0.25, 0.3) is 0 Å². The number of nitrogens with zero attached hydrogens (tertiary/aromatic N) is 3. The third-order valence-electron chi connectivity index (χ3n) is 5.52. The summed E-state index contributed by atoms with van der Waals surface area (Å²) in [5, 5.41) is 3.78. The van der Waals surface area contributed by atoms with Crippen molar-refractivity contribution in [2.45, 2.75) is 63.5 Å². The van der Waals surface area contributed by atoms with Crippen LogP contribution in [0.4, 0.5) is 0 Å². The third kappa shape index (κ3) is 2.76. The van der Waals surface area contributed by atoms with Gasteiger partial charge in [0.1, 0.15) is 5.82 Å². The van der Waals surface area contributed by atoms with Gasteiger partial charge >= 0.3 is 0 Å². The van der Waals surface area contributed by atoms with Gasteiger partial charge in [0.15, 0.2) is 0 Å². The molecule has 2 fully saturated rings. The minimum absolute atomic E-state index is 0.287. The molecular weight excluding hydrogens is 260 g/mol. The molecule has 0 amide bonds. The largest absolute Gasteiger partial charge is 0.337 e. The van der Waals surface area contributed by atoms with Crippen LogP contribution in [0.5, 0.6) is 0 Å². The highest BCUT2D eigenvalue weighted by Gasteiger charge is 2.47. The average Bonchev–Trinajstić information content (AvgIpc) is 3.16. The fraction of sp³-hybridized carbons (Fsp3) is 0.824. The Bertz CT molecular complexity index is 441. The summed E-state index contributed by atoms with van der Waals surface area (Å²) in [5.74, 6) is 1.21. The van der Waals surface area contributed by atoms with Crippen LogP contribution in [0.2, 0.25) is 0 Å². The van der Waals surface area contributed by atoms with Gasteiger partial charge in [-0.05, 0) is 45.3 Å². The second-order valence-corrected chi connectivity index (χ2v) is 6.75. The zero-order chi connectivity index (χ0) is 14.7. The molecule has 1 aromatic heterocycles. The van der Waals surface area contributed by atoms with Crippen LogP contribution < -0.4 is 5.32 Å². The normalized spacial score (nSPS) is 24.3. The Labute approximate surface area is 128 Å². The quantitative estimate of drug-likeness (QED) is 0.905. The lowest BCUT2D eigenvalue weighted by molar-refractivity contribution is 0.0331. The Hall–Kier alpha value is -0.870. The molecule has 1 aliphatic heterocycles. The van der Waals surface area contributed by atoms with Gasteiger partial charge in [-0.1, -0.05) is 26.2 Å². The van der Waals surface area contributed by atoms with Crippen molar-refractivity contribution in [1.82, 2.24) is 19.8 Å². The summed E-state index contributed by atoms with van der Waals surface area (Å²) in [6.45, 7) is 5.76. The number of imidazole rings is 1. The predicted molar refractivity (Wildman–Crippen MR) is 86.2 cm³/mol. The van der Waals surface area contributed by atoms with Crippen molar-refractivity contribution in [1.29, 1.82) is 0 Å². The summed E-state index contributed by atoms with van der Waals surface area (Å²) < 4.78 is 2.21. The van der Waals surface area contributed by atoms with Crippen LogP contribution in [-0.4, -0.2) is 39.6 Å². The van der Waals surface area contributed by atoms with Crippen LogP contribution in [0.25, 0.3) is 0 Å². The highest BCUT2D eigenvalue weighted by Crippen LogP contribution is 2.45. The first-order valence-corrected chi connectivity index (χ1v) is 8.73. The third-order valence-corrected chi connectivity index (χ3v) is 5.52. The minimum Gasteiger partial charge on any atom is -0.337 e. The fourth-order valence-corrected chi connectivity index (χ4v) is 4.49. The number of aryl methyl sites for hydroxylation is 1. The van der Waals surface area contributed by atoms with Gasteiger partial charge in [0, 0.05) is 25.0 Å². The Kier molecular flexibility index (Phi) is 4.65. The standard InChI is InChI=1S/C17H30N4/c1-3-18-15(16-19-11-14-20(16)2)17(9-5-6-10-17)21-12-7-4-8-13-21/h11,14-15,18H,3-10,12-13H2,1-2H3. The van der Waals surface area contributed by atoms with Crippen LogP contribution in [0.15, 0.2) is 12.4 Å². The van der Waals surface area contributed by atoms with Gasteiger partial charge in [-0.25, -0.2) is 4.98 Å². The second kappa shape index (κ2) is 6.49. The van der Waals surface area contributed by atoms with Gasteiger partial charge < -0.3 is 9.88 Å². The van der Waals surface area contributed by atoms with E-state index < -0.39 is 0 Å². The molecule has 1 unspecified atom stereocenters. The zero-order valence-electron chi connectivity index (χ0n) is 13.6. The van der Waals surface area contributed by atoms with E-state index in [4.69, 9.17) is 4.98 Å². The van der Waals surface area contributed by atoms with Crippen molar-refractivity contribution < 1.29 is 0 Å². The smallest absolute Gasteiger partial charge is 0.127 e. The molecule has 1 atom stereocenters. The monoisotopic (exact) mass is 290 g/mol. The number of piperidine rings is 1. The number of hydrogen-bond acceptors (Lipinski definition) is 3. The van der Waals surface area contributed by atoms with E-state index in [-0.39, 0.29) is 5.54 Å². The second-order valence-electron chi connectivity index (χ2n) is 6.75. The number of aromatic nitrogens is 2. The van der Waals surface area contributed by atoms with Gasteiger partial charge in [0.05, 0.1) is 6.04 Å². The summed E-state index contributed by atoms with van der Waals surface area (Å²) in [5.41, 5.74) is 0.287. The predicted octanol–water partition coefficient (Wildman–Crippen LogP) is 2.87. The molecule has 118 valence electrons. The van der Waals surface area contributed by atoms with E-state index in [1.54, 1.807) is 0 Å². The maximum absolute atomic E-state index is 4.69. The van der Waals surface area contributed by atoms with E-state index in [0.717, 1.165) is 6.54 Å². The van der Waals surface area contributed by atoms with E-state index in [2.05, 4.69) is 35.0 Å². The van der Waals surface area contributed by atoms with Gasteiger partial charge in [-0.3, -0.25) is 4.90 Å². The lowest BCUT2D eigenvalue weighted by Crippen LogP contribution is -2.57. The van der Waals surface area contributed by atoms with Crippen LogP contribution in [0.1, 0.15) is 63.7 Å². The topological polar surface area (TPSA) is 33.1 Å². The highest BCUT2D eigenvalue weighted by atomic mass is 15.3. The lowest BCUT2D eigenvalue weighted by atomic mass is 9.83. The SMILES string of the molecule is CCNC(c1nccn1C)C1(N2CCCCC2)CCCC1. The lowest BCUT2D eigenvalue weighted by Gasteiger charge is -2.48. The summed E-state index contributed by atoms with van der Waals surface area (Å²) in [6.07, 6.45) is 13.5. The summed E-state index contributed by atoms with van der Waals surface area (Å²) >= 11 is 0. The first-order chi connectivity index (χ1) is 10.3. The van der Waals surface area contributed by atoms with E-state index in [0.29, 0.717) is 6.04 Å². The first-order valence-electron chi connectivity index (χ1n) is 8.73. The highest BCUT2D eigenvalue weighted by molar-refractivity contribution is 5.13. The molecule has 2 aliphatic rings. The molecule has 0 radical (unpaired) electrons. The van der Waals surface area contributed by atoms with E-state index >= 15 is 0 Å². The molecule has 0 spiro atoms. The van der Waals surface area contributed by atoms with Crippen molar-refractivity contribution in [2.24, 2.45) is 7.05 Å². The van der Waals surface area contributed by atoms with Crippen molar-refractivity contribution in [3.63, 3.8) is 0 Å². The van der Waals surface area contributed by atoms with Crippen molar-refractivity contribution in [2.75, 3.05) is 19.6 Å². The number of nitrogens with one attached hydrogen (secondary N) is 1. The van der Waals surface area contributed by atoms with Crippen LogP contribution >= 0.6 is 0 Å². The van der Waals surface area contributed by atoms with Crippen molar-refractivity contribution in [3.8, 4) is 0 Å². The van der Waals surface area contributed by atoms with Gasteiger partial charge in [-0.15, -0.1) is 0 Å². The van der Waals surface area contributed by atoms with Crippen LogP contribution in [0, 0.1) is 0 Å². The molecule has 1 aromatic rings. The van der Waals surface area contributed by atoms with E-state index in [1.165, 1.54) is 63.9 Å². The Morgan fingerprint density at radius 2 is 1.90 bits per heavy atom. The fourth-order valence-electron chi connectivity index (χ4n) is 4.49. The Balaban J connectivity index is 1.94. The average molecular weight is 290 g/mol. The molecule has 0 bridgehead atoms. The summed E-state index contributed by atoms with van der Waals surface area (Å²) in [4.78, 5) is 7.49. The van der Waals surface area contributed by atoms with Gasteiger partial charge in [0.2, 0.25) is 0 Å². The number of likely N-dealkylation sites (N-methyl/N-ethyl adjacent to an activating group) is 1. The first kappa shape index (κ1) is 15.0. The van der Waals surface area contributed by atoms with Gasteiger partial charge in [-0.2, -0.15) is 0 Å². The maximum Gasteiger partial charge on any atom is 0.127 e. The van der Waals surface area contributed by atoms with Crippen LogP contribution in [-0.2, 0) is 7.05 Å². The van der Waals surface area contributed by atoms with E-state index in [1.807, 2.05) is 6.20 Å². The molecular formula is C17H30N4. The molecule has 1 aliphatic carbocycles. The zero-order valence-corrected chi connectivity index (χ0v) is 13.6. The van der Waals surface area contributed by atoms with E-state index in [9.17, 15) is 0 Å². The Morgan fingerprint density at radius 3 is 2.48 bits per heavy atom. The molecule has 0 aromatic carbocycles. The van der Waals surface area contributed by atoms with Crippen LogP contribution in [0.3, 0.4) is 0 Å². The molecule has 1 N–H and O–H groups in total. The number of likely N-dealkylation sites (tertiary alicyclic amines) is 1. The van der Waals surface area contributed by atoms with Crippen molar-refractivity contribution >= 4 is 0 Å². The number of rotatable bonds is 5. The summed E-state index contributed by atoms with van der Waals surface area (Å²) in [7, 11) is 2.13. The molecule has 4 nitrogen and oxygen atoms in total. The Morgan fingerprint density at radius 1 is 1.19 bits per heavy atom. The number of hydrogen-bond donors (Lipinski definition) is 1. The molecule has 4 heteroatoms. The molecule has 21 heavy (non-hydrogen) atoms. The molecule has 3 rings (SSSR count). The summed E-state index contributed by atoms with van der Waals surface area (Å²) in [6, 6.07) is 0.364. The maximum atomic E-state index is 4.69. The van der Waals surface area contributed by atoms with Crippen molar-refractivity contribution in [3.05, 3.63) is 18.2 Å². The molecule has 1 saturated carbocycles. The minimum atomic E-state index is 0.287. The molecule has 2 heterocycles. The molecule has 1 saturated heterocycles.